The molecule has 4 aliphatic rings. The van der Waals surface area contributed by atoms with E-state index in [4.69, 9.17) is 14.2 Å². The highest BCUT2D eigenvalue weighted by atomic mass is 16.5. The molecule has 0 radical (unpaired) electrons. The Morgan fingerprint density at radius 2 is 1.38 bits per heavy atom. The van der Waals surface area contributed by atoms with Crippen LogP contribution in [0, 0.1) is 29.6 Å². The molecule has 0 aromatic carbocycles. The lowest BCUT2D eigenvalue weighted by Gasteiger charge is -2.59. The van der Waals surface area contributed by atoms with Crippen LogP contribution in [0.4, 0.5) is 0 Å². The Labute approximate surface area is 158 Å². The van der Waals surface area contributed by atoms with Crippen molar-refractivity contribution in [3.05, 3.63) is 0 Å². The molecule has 3 saturated carbocycles. The summed E-state index contributed by atoms with van der Waals surface area (Å²) >= 11 is 0. The van der Waals surface area contributed by atoms with Gasteiger partial charge in [-0.1, -0.05) is 0 Å². The van der Waals surface area contributed by atoms with Crippen molar-refractivity contribution in [1.29, 1.82) is 0 Å². The SMILES string of the molecule is COC1CC2C(CCC3C4CC(OC)C(OC)CC4CN(C)C23)CC1O. The van der Waals surface area contributed by atoms with E-state index in [1.165, 1.54) is 19.4 Å². The first-order valence-corrected chi connectivity index (χ1v) is 10.5. The molecular weight excluding hydrogens is 330 g/mol. The van der Waals surface area contributed by atoms with Crippen LogP contribution in [-0.4, -0.2) is 75.4 Å². The maximum Gasteiger partial charge on any atom is 0.0836 e. The quantitative estimate of drug-likeness (QED) is 0.828. The normalized spacial score (nSPS) is 52.0. The zero-order valence-corrected chi connectivity index (χ0v) is 16.8. The zero-order chi connectivity index (χ0) is 18.4. The summed E-state index contributed by atoms with van der Waals surface area (Å²) < 4.78 is 17.2. The van der Waals surface area contributed by atoms with Crippen molar-refractivity contribution in [2.75, 3.05) is 34.9 Å². The van der Waals surface area contributed by atoms with Crippen molar-refractivity contribution in [1.82, 2.24) is 4.90 Å². The number of methoxy groups -OCH3 is 3. The van der Waals surface area contributed by atoms with Crippen LogP contribution >= 0.6 is 0 Å². The molecule has 1 heterocycles. The van der Waals surface area contributed by atoms with E-state index < -0.39 is 0 Å². The van der Waals surface area contributed by atoms with Crippen LogP contribution in [0.15, 0.2) is 0 Å². The van der Waals surface area contributed by atoms with Gasteiger partial charge in [-0.05, 0) is 75.2 Å². The van der Waals surface area contributed by atoms with E-state index in [2.05, 4.69) is 11.9 Å². The summed E-state index contributed by atoms with van der Waals surface area (Å²) in [6.07, 6.45) is 6.97. The van der Waals surface area contributed by atoms with Crippen molar-refractivity contribution >= 4 is 0 Å². The number of aliphatic hydroxyl groups excluding tert-OH is 1. The Kier molecular flexibility index (Phi) is 5.64. The van der Waals surface area contributed by atoms with E-state index in [-0.39, 0.29) is 24.4 Å². The first kappa shape index (κ1) is 19.1. The Balaban J connectivity index is 1.55. The maximum absolute atomic E-state index is 10.4. The number of likely N-dealkylation sites (tertiary alicyclic amines) is 1. The van der Waals surface area contributed by atoms with Gasteiger partial charge in [-0.2, -0.15) is 0 Å². The molecule has 3 aliphatic carbocycles. The molecule has 10 unspecified atom stereocenters. The fourth-order valence-electron chi connectivity index (χ4n) is 7.23. The Morgan fingerprint density at radius 3 is 2.08 bits per heavy atom. The van der Waals surface area contributed by atoms with Crippen LogP contribution in [0.3, 0.4) is 0 Å². The lowest BCUT2D eigenvalue weighted by atomic mass is 9.55. The second kappa shape index (κ2) is 7.67. The van der Waals surface area contributed by atoms with Crippen molar-refractivity contribution in [2.45, 2.75) is 69.0 Å². The molecule has 4 rings (SSSR count). The van der Waals surface area contributed by atoms with Gasteiger partial charge < -0.3 is 24.2 Å². The lowest BCUT2D eigenvalue weighted by Crippen LogP contribution is -2.62. The number of nitrogens with zero attached hydrogens (tertiary/aromatic N) is 1. The predicted octanol–water partition coefficient (Wildman–Crippen LogP) is 2.17. The number of rotatable bonds is 3. The third-order valence-electron chi connectivity index (χ3n) is 8.38. The second-order valence-corrected chi connectivity index (χ2v) is 9.35. The van der Waals surface area contributed by atoms with Gasteiger partial charge in [-0.3, -0.25) is 0 Å². The molecule has 5 nitrogen and oxygen atoms in total. The molecule has 4 fully saturated rings. The van der Waals surface area contributed by atoms with Crippen molar-refractivity contribution in [3.63, 3.8) is 0 Å². The summed E-state index contributed by atoms with van der Waals surface area (Å²) in [7, 11) is 7.75. The van der Waals surface area contributed by atoms with E-state index in [1.807, 2.05) is 14.2 Å². The van der Waals surface area contributed by atoms with Crippen molar-refractivity contribution in [3.8, 4) is 0 Å². The smallest absolute Gasteiger partial charge is 0.0836 e. The van der Waals surface area contributed by atoms with Crippen molar-refractivity contribution in [2.24, 2.45) is 29.6 Å². The van der Waals surface area contributed by atoms with Crippen LogP contribution in [0.2, 0.25) is 0 Å². The van der Waals surface area contributed by atoms with Crippen LogP contribution in [0.5, 0.6) is 0 Å². The molecule has 10 atom stereocenters. The highest BCUT2D eigenvalue weighted by molar-refractivity contribution is 5.06. The minimum Gasteiger partial charge on any atom is -0.390 e. The predicted molar refractivity (Wildman–Crippen MR) is 100.0 cm³/mol. The summed E-state index contributed by atoms with van der Waals surface area (Å²) in [6.45, 7) is 1.17. The van der Waals surface area contributed by atoms with Gasteiger partial charge in [0.15, 0.2) is 0 Å². The standard InChI is InChI=1S/C21H37NO4/c1-22-11-13-8-19(25-3)20(26-4)9-15(13)14-6-5-12-7-17(23)18(24-2)10-16(12)21(14)22/h12-21,23H,5-11H2,1-4H3. The Morgan fingerprint density at radius 1 is 0.731 bits per heavy atom. The van der Waals surface area contributed by atoms with Crippen LogP contribution in [-0.2, 0) is 14.2 Å². The fraction of sp³-hybridized carbons (Fsp3) is 1.00. The zero-order valence-electron chi connectivity index (χ0n) is 16.8. The number of hydrogen-bond donors (Lipinski definition) is 1. The second-order valence-electron chi connectivity index (χ2n) is 9.35. The molecule has 0 spiro atoms. The van der Waals surface area contributed by atoms with E-state index >= 15 is 0 Å². The molecule has 26 heavy (non-hydrogen) atoms. The summed E-state index contributed by atoms with van der Waals surface area (Å²) in [5.74, 6) is 3.55. The van der Waals surface area contributed by atoms with Crippen molar-refractivity contribution < 1.29 is 19.3 Å². The fourth-order valence-corrected chi connectivity index (χ4v) is 7.23. The highest BCUT2D eigenvalue weighted by Gasteiger charge is 2.54. The summed E-state index contributed by atoms with van der Waals surface area (Å²) in [4.78, 5) is 2.65. The summed E-state index contributed by atoms with van der Waals surface area (Å²) in [5, 5.41) is 10.4. The van der Waals surface area contributed by atoms with E-state index in [1.54, 1.807) is 7.11 Å². The molecule has 0 amide bonds. The Hall–Kier alpha value is -0.200. The average molecular weight is 368 g/mol. The highest BCUT2D eigenvalue weighted by Crippen LogP contribution is 2.53. The molecule has 0 aromatic rings. The molecule has 5 heteroatoms. The molecule has 0 aromatic heterocycles. The van der Waals surface area contributed by atoms with Crippen LogP contribution in [0.25, 0.3) is 0 Å². The lowest BCUT2D eigenvalue weighted by molar-refractivity contribution is -0.157. The number of piperidine rings is 1. The molecule has 1 N–H and O–H groups in total. The van der Waals surface area contributed by atoms with Crippen LogP contribution in [0.1, 0.15) is 38.5 Å². The first-order chi connectivity index (χ1) is 12.6. The first-order valence-electron chi connectivity index (χ1n) is 10.5. The number of aliphatic hydroxyl groups is 1. The number of ether oxygens (including phenoxy) is 3. The van der Waals surface area contributed by atoms with E-state index in [9.17, 15) is 5.11 Å². The molecule has 1 aliphatic heterocycles. The third-order valence-corrected chi connectivity index (χ3v) is 8.38. The van der Waals surface area contributed by atoms with Gasteiger partial charge in [-0.25, -0.2) is 0 Å². The number of hydrogen-bond acceptors (Lipinski definition) is 5. The van der Waals surface area contributed by atoms with Gasteiger partial charge in [0.05, 0.1) is 24.4 Å². The monoisotopic (exact) mass is 367 g/mol. The average Bonchev–Trinajstić information content (AvgIpc) is 2.65. The molecule has 1 saturated heterocycles. The molecule has 0 bridgehead atoms. The maximum atomic E-state index is 10.4. The minimum absolute atomic E-state index is 0.0112. The molecule has 150 valence electrons. The van der Waals surface area contributed by atoms with Gasteiger partial charge in [-0.15, -0.1) is 0 Å². The van der Waals surface area contributed by atoms with Crippen LogP contribution < -0.4 is 0 Å². The topological polar surface area (TPSA) is 51.2 Å². The van der Waals surface area contributed by atoms with Gasteiger partial charge in [0, 0.05) is 33.9 Å². The largest absolute Gasteiger partial charge is 0.390 e. The van der Waals surface area contributed by atoms with E-state index in [0.717, 1.165) is 43.4 Å². The Bertz CT molecular complexity index is 489. The van der Waals surface area contributed by atoms with Gasteiger partial charge >= 0.3 is 0 Å². The summed E-state index contributed by atoms with van der Waals surface area (Å²) in [6, 6.07) is 0.636. The third kappa shape index (κ3) is 3.14. The number of fused-ring (bicyclic) bond motifs is 5. The van der Waals surface area contributed by atoms with E-state index in [0.29, 0.717) is 17.9 Å². The van der Waals surface area contributed by atoms with Gasteiger partial charge in [0.25, 0.3) is 0 Å². The van der Waals surface area contributed by atoms with Gasteiger partial charge in [0.2, 0.25) is 0 Å². The summed E-state index contributed by atoms with van der Waals surface area (Å²) in [5.41, 5.74) is 0. The van der Waals surface area contributed by atoms with Gasteiger partial charge in [0.1, 0.15) is 0 Å². The minimum atomic E-state index is -0.283. The molecular formula is C21H37NO4.